The predicted octanol–water partition coefficient (Wildman–Crippen LogP) is 6.71. The van der Waals surface area contributed by atoms with Gasteiger partial charge in [-0.1, -0.05) is 36.4 Å². The molecule has 11 nitrogen and oxygen atoms in total. The molecule has 0 bridgehead atoms. The van der Waals surface area contributed by atoms with Gasteiger partial charge in [-0.3, -0.25) is 21.1 Å². The van der Waals surface area contributed by atoms with Crippen LogP contribution in [0.5, 0.6) is 28.7 Å². The number of nitrogens with one attached hydrogen (secondary N) is 4. The minimum absolute atomic E-state index is 0.0680. The molecule has 0 saturated carbocycles. The van der Waals surface area contributed by atoms with Crippen molar-refractivity contribution in [1.82, 2.24) is 5.43 Å². The molecule has 1 unspecified atom stereocenters. The summed E-state index contributed by atoms with van der Waals surface area (Å²) in [6.45, 7) is 5.77. The van der Waals surface area contributed by atoms with Gasteiger partial charge >= 0.3 is 12.1 Å². The van der Waals surface area contributed by atoms with Crippen LogP contribution in [0.25, 0.3) is 0 Å². The summed E-state index contributed by atoms with van der Waals surface area (Å²) in [7, 11) is 0. The minimum Gasteiger partial charge on any atom is -0.490 e. The molecule has 4 rings (SSSR count). The van der Waals surface area contributed by atoms with E-state index in [1.165, 1.54) is 12.1 Å². The first kappa shape index (κ1) is 34.9. The number of halogens is 3. The second kappa shape index (κ2) is 15.6. The highest BCUT2D eigenvalue weighted by molar-refractivity contribution is 5.99. The van der Waals surface area contributed by atoms with Crippen LogP contribution in [0, 0.1) is 5.41 Å². The Morgan fingerprint density at radius 3 is 2.25 bits per heavy atom. The number of nitrogen functional groups attached to an aromatic ring is 1. The number of nitrogens with two attached hydrogens (primary N) is 1. The van der Waals surface area contributed by atoms with Crippen LogP contribution >= 0.6 is 0 Å². The quantitative estimate of drug-likeness (QED) is 0.0325. The molecule has 0 aromatic heterocycles. The Morgan fingerprint density at radius 1 is 0.875 bits per heavy atom. The van der Waals surface area contributed by atoms with E-state index in [2.05, 4.69) is 20.9 Å². The van der Waals surface area contributed by atoms with Crippen molar-refractivity contribution in [3.8, 4) is 28.7 Å². The van der Waals surface area contributed by atoms with Gasteiger partial charge in [-0.05, 0) is 74.9 Å². The molecule has 0 saturated heterocycles. The predicted molar refractivity (Wildman–Crippen MR) is 174 cm³/mol. The first-order chi connectivity index (χ1) is 22.8. The molecule has 0 aliphatic carbocycles. The number of carbonyl (C=O) groups is 2. The van der Waals surface area contributed by atoms with Crippen molar-refractivity contribution in [3.05, 3.63) is 102 Å². The lowest BCUT2D eigenvalue weighted by molar-refractivity contribution is -0.189. The number of amidine groups is 1. The number of hydrogen-bond donors (Lipinski definition) is 5. The van der Waals surface area contributed by atoms with Crippen molar-refractivity contribution < 1.29 is 41.7 Å². The second-order valence-electron chi connectivity index (χ2n) is 10.4. The summed E-state index contributed by atoms with van der Waals surface area (Å²) in [5, 5.41) is 10.7. The van der Waals surface area contributed by atoms with Gasteiger partial charge in [0.1, 0.15) is 23.4 Å². The van der Waals surface area contributed by atoms with Crippen LogP contribution in [0.2, 0.25) is 0 Å². The summed E-state index contributed by atoms with van der Waals surface area (Å²) in [6.07, 6.45) is -5.48. The highest BCUT2D eigenvalue weighted by atomic mass is 19.4. The Hall–Kier alpha value is -5.92. The Balaban J connectivity index is 1.69. The first-order valence-electron chi connectivity index (χ1n) is 14.7. The van der Waals surface area contributed by atoms with E-state index in [1.54, 1.807) is 61.5 Å². The third-order valence-electron chi connectivity index (χ3n) is 6.42. The normalized spacial score (nSPS) is 11.6. The van der Waals surface area contributed by atoms with Crippen LogP contribution in [0.15, 0.2) is 91.0 Å². The highest BCUT2D eigenvalue weighted by Crippen LogP contribution is 2.35. The number of ether oxygens (including phenoxy) is 4. The number of benzene rings is 4. The maximum atomic E-state index is 13.9. The van der Waals surface area contributed by atoms with E-state index in [1.807, 2.05) is 32.0 Å². The summed E-state index contributed by atoms with van der Waals surface area (Å²) in [5.41, 5.74) is 11.7. The van der Waals surface area contributed by atoms with Gasteiger partial charge in [-0.25, -0.2) is 4.79 Å². The summed E-state index contributed by atoms with van der Waals surface area (Å²) in [6, 6.07) is 23.2. The molecule has 4 aromatic carbocycles. The molecule has 0 aliphatic heterocycles. The summed E-state index contributed by atoms with van der Waals surface area (Å²) < 4.78 is 61.2. The first-order valence-corrected chi connectivity index (χ1v) is 14.7. The minimum atomic E-state index is -5.30. The molecule has 14 heteroatoms. The van der Waals surface area contributed by atoms with E-state index in [-0.39, 0.29) is 17.4 Å². The van der Waals surface area contributed by atoms with Gasteiger partial charge in [-0.15, -0.1) is 0 Å². The monoisotopic (exact) mass is 665 g/mol. The second-order valence-corrected chi connectivity index (χ2v) is 10.4. The summed E-state index contributed by atoms with van der Waals surface area (Å²) in [4.78, 5) is 25.5. The van der Waals surface area contributed by atoms with Crippen LogP contribution in [-0.4, -0.2) is 36.6 Å². The van der Waals surface area contributed by atoms with Crippen molar-refractivity contribution in [2.24, 2.45) is 5.73 Å². The summed E-state index contributed by atoms with van der Waals surface area (Å²) in [5.74, 6) is -2.62. The fourth-order valence-electron chi connectivity index (χ4n) is 4.34. The number of esters is 1. The van der Waals surface area contributed by atoms with Crippen molar-refractivity contribution in [1.29, 1.82) is 5.41 Å². The number of carbonyl (C=O) groups excluding carboxylic acids is 2. The number of hydrogen-bond acceptors (Lipinski definition) is 9. The lowest BCUT2D eigenvalue weighted by Gasteiger charge is -2.23. The summed E-state index contributed by atoms with van der Waals surface area (Å²) >= 11 is 0. The molecule has 6 N–H and O–H groups in total. The van der Waals surface area contributed by atoms with Gasteiger partial charge < -0.3 is 30.0 Å². The SMILES string of the molecule is CCOc1cc(C(Nc2ccc(C(=N)N)c(OC(=O)C(F)(F)F)c2)C(=O)NNc2ccccc2Oc2ccccc2)ccc1OC(C)C. The number of hydrazine groups is 1. The zero-order valence-corrected chi connectivity index (χ0v) is 26.2. The molecular formula is C34H34F3N5O6. The molecule has 252 valence electrons. The van der Waals surface area contributed by atoms with E-state index in [0.29, 0.717) is 40.9 Å². The molecule has 1 atom stereocenters. The van der Waals surface area contributed by atoms with E-state index in [0.717, 1.165) is 6.07 Å². The van der Waals surface area contributed by atoms with E-state index >= 15 is 0 Å². The largest absolute Gasteiger partial charge is 0.491 e. The number of amides is 1. The van der Waals surface area contributed by atoms with Crippen molar-refractivity contribution in [2.45, 2.75) is 39.1 Å². The van der Waals surface area contributed by atoms with Crippen molar-refractivity contribution in [2.75, 3.05) is 17.3 Å². The topological polar surface area (TPSA) is 157 Å². The Kier molecular flexibility index (Phi) is 11.3. The average molecular weight is 666 g/mol. The third kappa shape index (κ3) is 9.31. The van der Waals surface area contributed by atoms with Gasteiger partial charge in [-0.2, -0.15) is 13.2 Å². The molecular weight excluding hydrogens is 631 g/mol. The smallest absolute Gasteiger partial charge is 0.490 e. The van der Waals surface area contributed by atoms with Crippen LogP contribution in [-0.2, 0) is 9.59 Å². The highest BCUT2D eigenvalue weighted by Gasteiger charge is 2.42. The third-order valence-corrected chi connectivity index (χ3v) is 6.42. The van der Waals surface area contributed by atoms with Gasteiger partial charge in [0.05, 0.1) is 24.0 Å². The molecule has 0 fully saturated rings. The Labute approximate surface area is 274 Å². The molecule has 0 radical (unpaired) electrons. The fourth-order valence-corrected chi connectivity index (χ4v) is 4.34. The molecule has 1 amide bonds. The van der Waals surface area contributed by atoms with Crippen molar-refractivity contribution in [3.63, 3.8) is 0 Å². The number of para-hydroxylation sites is 3. The van der Waals surface area contributed by atoms with Gasteiger partial charge in [0.25, 0.3) is 5.91 Å². The molecule has 48 heavy (non-hydrogen) atoms. The van der Waals surface area contributed by atoms with Gasteiger partial charge in [0.2, 0.25) is 0 Å². The lowest BCUT2D eigenvalue weighted by atomic mass is 10.0. The van der Waals surface area contributed by atoms with Crippen LogP contribution < -0.4 is 40.8 Å². The maximum Gasteiger partial charge on any atom is 0.491 e. The Bertz CT molecular complexity index is 1750. The van der Waals surface area contributed by atoms with Gasteiger partial charge in [0, 0.05) is 11.8 Å². The van der Waals surface area contributed by atoms with Crippen LogP contribution in [0.4, 0.5) is 24.5 Å². The van der Waals surface area contributed by atoms with E-state index < -0.39 is 35.7 Å². The molecule has 0 aliphatic rings. The number of alkyl halides is 3. The fraction of sp³-hybridized carbons (Fsp3) is 0.206. The standard InChI is InChI=1S/C34H34F3N5O6/c1-4-45-29-18-21(14-17-27(29)46-20(2)3)30(40-22-15-16-24(31(38)39)28(19-22)48-33(44)34(35,36)37)32(43)42-41-25-12-8-9-13-26(25)47-23-10-6-5-7-11-23/h5-20,30,40-41H,4H2,1-3H3,(H3,38,39)(H,42,43). The van der Waals surface area contributed by atoms with E-state index in [9.17, 15) is 22.8 Å². The van der Waals surface area contributed by atoms with Crippen molar-refractivity contribution >= 4 is 29.1 Å². The average Bonchev–Trinajstić information content (AvgIpc) is 3.04. The zero-order valence-electron chi connectivity index (χ0n) is 26.2. The number of anilines is 2. The molecule has 4 aromatic rings. The molecule has 0 spiro atoms. The van der Waals surface area contributed by atoms with Crippen LogP contribution in [0.1, 0.15) is 37.9 Å². The zero-order chi connectivity index (χ0) is 34.8. The van der Waals surface area contributed by atoms with Gasteiger partial charge in [0.15, 0.2) is 17.2 Å². The lowest BCUT2D eigenvalue weighted by Crippen LogP contribution is -2.37. The van der Waals surface area contributed by atoms with Crippen LogP contribution in [0.3, 0.4) is 0 Å². The van der Waals surface area contributed by atoms with E-state index in [4.69, 9.17) is 25.4 Å². The molecule has 0 heterocycles. The number of rotatable bonds is 14. The Morgan fingerprint density at radius 2 is 1.58 bits per heavy atom. The maximum absolute atomic E-state index is 13.9.